The molecule has 2 rings (SSSR count). The van der Waals surface area contributed by atoms with Crippen molar-refractivity contribution < 1.29 is 33.1 Å². The molecule has 2 N–H and O–H groups in total. The second-order valence-electron chi connectivity index (χ2n) is 5.99. The molecular formula is C16H23N3O8S. The Labute approximate surface area is 162 Å². The molecule has 12 heteroatoms. The first-order valence-electron chi connectivity index (χ1n) is 8.47. The van der Waals surface area contributed by atoms with Crippen LogP contribution in [0.25, 0.3) is 0 Å². The zero-order valence-corrected chi connectivity index (χ0v) is 16.2. The molecule has 0 saturated carbocycles. The van der Waals surface area contributed by atoms with Gasteiger partial charge < -0.3 is 10.2 Å². The van der Waals surface area contributed by atoms with Gasteiger partial charge in [0.25, 0.3) is 5.69 Å². The molecule has 0 unspecified atom stereocenters. The molecule has 1 aliphatic rings. The van der Waals surface area contributed by atoms with Crippen LogP contribution in [0.5, 0.6) is 0 Å². The fourth-order valence-electron chi connectivity index (χ4n) is 2.62. The van der Waals surface area contributed by atoms with Gasteiger partial charge in [-0.05, 0) is 6.42 Å². The van der Waals surface area contributed by atoms with Crippen molar-refractivity contribution in [2.24, 2.45) is 0 Å². The third-order valence-electron chi connectivity index (χ3n) is 3.95. The molecule has 0 aromatic heterocycles. The quantitative estimate of drug-likeness (QED) is 0.384. The molecule has 0 bridgehead atoms. The summed E-state index contributed by atoms with van der Waals surface area (Å²) in [6, 6.07) is 6.68. The Morgan fingerprint density at radius 3 is 2.11 bits per heavy atom. The summed E-state index contributed by atoms with van der Waals surface area (Å²) in [7, 11) is -3.15. The maximum atomic E-state index is 12.0. The van der Waals surface area contributed by atoms with E-state index in [9.17, 15) is 18.5 Å². The molecule has 11 nitrogen and oxygen atoms in total. The number of aliphatic carboxylic acids is 2. The Morgan fingerprint density at radius 1 is 1.11 bits per heavy atom. The molecule has 0 spiro atoms. The number of carboxylic acid groups (broad SMARTS) is 2. The molecular weight excluding hydrogens is 394 g/mol. The summed E-state index contributed by atoms with van der Waals surface area (Å²) in [5.41, 5.74) is 0.779. The van der Waals surface area contributed by atoms with E-state index in [1.165, 1.54) is 10.4 Å². The van der Waals surface area contributed by atoms with Gasteiger partial charge in [0.2, 0.25) is 10.0 Å². The molecule has 1 fully saturated rings. The maximum absolute atomic E-state index is 12.0. The van der Waals surface area contributed by atoms with Crippen LogP contribution in [0.15, 0.2) is 24.3 Å². The van der Waals surface area contributed by atoms with E-state index in [-0.39, 0.29) is 16.4 Å². The van der Waals surface area contributed by atoms with Gasteiger partial charge in [0.05, 0.1) is 10.7 Å². The molecule has 1 saturated heterocycles. The van der Waals surface area contributed by atoms with Crippen LogP contribution in [0.2, 0.25) is 0 Å². The minimum atomic E-state index is -3.15. The summed E-state index contributed by atoms with van der Waals surface area (Å²) in [6.07, 6.45) is 0.610. The predicted molar refractivity (Wildman–Crippen MR) is 99.3 cm³/mol. The number of carbonyl (C=O) groups is 2. The van der Waals surface area contributed by atoms with Crippen molar-refractivity contribution in [2.75, 3.05) is 31.9 Å². The van der Waals surface area contributed by atoms with Crippen LogP contribution in [0.3, 0.4) is 0 Å². The molecule has 1 heterocycles. The SMILES string of the molecule is CCCS(=O)(=O)N1CCN(Cc2ccccc2[N+](=O)[O-])CC1.O=C(O)C(=O)O. The highest BCUT2D eigenvalue weighted by molar-refractivity contribution is 7.89. The molecule has 1 aromatic rings. The van der Waals surface area contributed by atoms with Crippen LogP contribution < -0.4 is 0 Å². The van der Waals surface area contributed by atoms with Gasteiger partial charge >= 0.3 is 11.9 Å². The maximum Gasteiger partial charge on any atom is 0.414 e. The smallest absolute Gasteiger partial charge is 0.414 e. The van der Waals surface area contributed by atoms with Crippen molar-refractivity contribution in [3.05, 3.63) is 39.9 Å². The molecule has 0 amide bonds. The van der Waals surface area contributed by atoms with E-state index >= 15 is 0 Å². The van der Waals surface area contributed by atoms with Gasteiger partial charge in [-0.2, -0.15) is 4.31 Å². The van der Waals surface area contributed by atoms with Crippen LogP contribution >= 0.6 is 0 Å². The lowest BCUT2D eigenvalue weighted by Gasteiger charge is -2.33. The number of piperazine rings is 1. The number of sulfonamides is 1. The number of carboxylic acids is 2. The van der Waals surface area contributed by atoms with Gasteiger partial charge in [0.1, 0.15) is 0 Å². The van der Waals surface area contributed by atoms with Crippen LogP contribution in [-0.2, 0) is 26.2 Å². The van der Waals surface area contributed by atoms with Gasteiger partial charge in [-0.3, -0.25) is 15.0 Å². The normalized spacial score (nSPS) is 15.3. The van der Waals surface area contributed by atoms with Crippen molar-refractivity contribution in [2.45, 2.75) is 19.9 Å². The van der Waals surface area contributed by atoms with Crippen LogP contribution in [0, 0.1) is 10.1 Å². The average Bonchev–Trinajstić information content (AvgIpc) is 2.63. The van der Waals surface area contributed by atoms with Gasteiger partial charge in [-0.1, -0.05) is 25.1 Å². The highest BCUT2D eigenvalue weighted by Crippen LogP contribution is 2.20. The number of rotatable bonds is 6. The zero-order chi connectivity index (χ0) is 21.3. The third kappa shape index (κ3) is 7.21. The van der Waals surface area contributed by atoms with E-state index in [2.05, 4.69) is 4.90 Å². The van der Waals surface area contributed by atoms with Crippen LogP contribution in [0.1, 0.15) is 18.9 Å². The van der Waals surface area contributed by atoms with E-state index in [1.807, 2.05) is 6.92 Å². The Bertz CT molecular complexity index is 792. The standard InChI is InChI=1S/C14H21N3O4S.C2H2O4/c1-2-11-22(20,21)16-9-7-15(8-10-16)12-13-5-3-4-6-14(13)17(18)19;3-1(4)2(5)6/h3-6H,2,7-12H2,1H3;(H,3,4)(H,5,6). The van der Waals surface area contributed by atoms with Gasteiger partial charge in [0.15, 0.2) is 0 Å². The lowest BCUT2D eigenvalue weighted by atomic mass is 10.1. The lowest BCUT2D eigenvalue weighted by molar-refractivity contribution is -0.385. The summed E-state index contributed by atoms with van der Waals surface area (Å²) in [5, 5.41) is 25.8. The van der Waals surface area contributed by atoms with Gasteiger partial charge in [-0.15, -0.1) is 0 Å². The monoisotopic (exact) mass is 417 g/mol. The van der Waals surface area contributed by atoms with Gasteiger partial charge in [-0.25, -0.2) is 18.0 Å². The van der Waals surface area contributed by atoms with E-state index in [1.54, 1.807) is 18.2 Å². The second-order valence-corrected chi connectivity index (χ2v) is 8.08. The number of hydrogen-bond donors (Lipinski definition) is 2. The summed E-state index contributed by atoms with van der Waals surface area (Å²) < 4.78 is 25.5. The summed E-state index contributed by atoms with van der Waals surface area (Å²) >= 11 is 0. The molecule has 0 atom stereocenters. The third-order valence-corrected chi connectivity index (χ3v) is 6.03. The molecule has 0 aliphatic carbocycles. The summed E-state index contributed by atoms with van der Waals surface area (Å²) in [4.78, 5) is 30.9. The highest BCUT2D eigenvalue weighted by Gasteiger charge is 2.27. The minimum Gasteiger partial charge on any atom is -0.473 e. The Morgan fingerprint density at radius 2 is 1.64 bits per heavy atom. The minimum absolute atomic E-state index is 0.114. The van der Waals surface area contributed by atoms with E-state index in [4.69, 9.17) is 19.8 Å². The molecule has 28 heavy (non-hydrogen) atoms. The fourth-order valence-corrected chi connectivity index (χ4v) is 4.11. The number of para-hydroxylation sites is 1. The Hall–Kier alpha value is -2.57. The Balaban J connectivity index is 0.000000568. The number of nitro groups is 1. The summed E-state index contributed by atoms with van der Waals surface area (Å²) in [5.74, 6) is -3.47. The van der Waals surface area contributed by atoms with Crippen LogP contribution in [0.4, 0.5) is 5.69 Å². The predicted octanol–water partition coefficient (Wildman–Crippen LogP) is 0.608. The zero-order valence-electron chi connectivity index (χ0n) is 15.4. The van der Waals surface area contributed by atoms with Crippen molar-refractivity contribution >= 4 is 27.6 Å². The first-order chi connectivity index (χ1) is 13.1. The topological polar surface area (TPSA) is 158 Å². The number of nitro benzene ring substituents is 1. The van der Waals surface area contributed by atoms with Crippen molar-refractivity contribution in [1.82, 2.24) is 9.21 Å². The van der Waals surface area contributed by atoms with Gasteiger partial charge in [0, 0.05) is 44.4 Å². The van der Waals surface area contributed by atoms with Crippen LogP contribution in [-0.4, -0.2) is 76.6 Å². The number of benzene rings is 1. The molecule has 1 aromatic carbocycles. The first kappa shape index (κ1) is 23.5. The Kier molecular flexibility index (Phi) is 8.96. The second kappa shape index (κ2) is 10.7. The molecule has 1 aliphatic heterocycles. The van der Waals surface area contributed by atoms with E-state index < -0.39 is 22.0 Å². The summed E-state index contributed by atoms with van der Waals surface area (Å²) in [6.45, 7) is 4.40. The largest absolute Gasteiger partial charge is 0.473 e. The average molecular weight is 417 g/mol. The lowest BCUT2D eigenvalue weighted by Crippen LogP contribution is -2.48. The van der Waals surface area contributed by atoms with E-state index in [0.717, 1.165) is 0 Å². The molecule has 156 valence electrons. The number of nitrogens with zero attached hydrogens (tertiary/aromatic N) is 3. The highest BCUT2D eigenvalue weighted by atomic mass is 32.2. The van der Waals surface area contributed by atoms with Crippen molar-refractivity contribution in [3.63, 3.8) is 0 Å². The van der Waals surface area contributed by atoms with E-state index in [0.29, 0.717) is 44.7 Å². The van der Waals surface area contributed by atoms with Crippen molar-refractivity contribution in [1.29, 1.82) is 0 Å². The fraction of sp³-hybridized carbons (Fsp3) is 0.500. The van der Waals surface area contributed by atoms with Crippen molar-refractivity contribution in [3.8, 4) is 0 Å². The number of hydrogen-bond acceptors (Lipinski definition) is 7. The first-order valence-corrected chi connectivity index (χ1v) is 10.1. The molecule has 0 radical (unpaired) electrons.